The largest absolute Gasteiger partial charge is 0.375 e. The lowest BCUT2D eigenvalue weighted by atomic mass is 10.1. The van der Waals surface area contributed by atoms with Gasteiger partial charge in [0.05, 0.1) is 0 Å². The summed E-state index contributed by atoms with van der Waals surface area (Å²) in [7, 11) is 1.46. The van der Waals surface area contributed by atoms with Gasteiger partial charge in [-0.3, -0.25) is 14.7 Å². The van der Waals surface area contributed by atoms with Crippen LogP contribution in [0.15, 0.2) is 24.3 Å². The molecule has 2 amide bonds. The second-order valence-electron chi connectivity index (χ2n) is 6.34. The quantitative estimate of drug-likeness (QED) is 0.719. The minimum atomic E-state index is -0.276. The molecule has 25 heavy (non-hydrogen) atoms. The van der Waals surface area contributed by atoms with Gasteiger partial charge in [0, 0.05) is 24.2 Å². The molecule has 3 N–H and O–H groups in total. The van der Waals surface area contributed by atoms with Crippen LogP contribution in [0.25, 0.3) is 0 Å². The monoisotopic (exact) mass is 344 g/mol. The SMILES string of the molecule is COCC(=O)Nc1ccc(NC(=O)c2cc(CC(C)C)[nH]n2)cc1C. The minimum Gasteiger partial charge on any atom is -0.375 e. The standard InChI is InChI=1S/C18H24N4O3/c1-11(2)7-14-9-16(22-21-14)18(24)19-13-5-6-15(12(3)8-13)20-17(23)10-25-4/h5-6,8-9,11H,7,10H2,1-4H3,(H,19,24)(H,20,23)(H,21,22). The van der Waals surface area contributed by atoms with E-state index < -0.39 is 0 Å². The molecule has 1 aromatic carbocycles. The number of methoxy groups -OCH3 is 1. The second kappa shape index (κ2) is 8.43. The number of benzene rings is 1. The number of H-pyrrole nitrogens is 1. The van der Waals surface area contributed by atoms with Gasteiger partial charge in [-0.2, -0.15) is 5.10 Å². The predicted molar refractivity (Wildman–Crippen MR) is 96.8 cm³/mol. The molecule has 134 valence electrons. The number of hydrogen-bond donors (Lipinski definition) is 3. The maximum atomic E-state index is 12.3. The summed E-state index contributed by atoms with van der Waals surface area (Å²) in [6.45, 7) is 6.07. The third-order valence-corrected chi connectivity index (χ3v) is 3.53. The topological polar surface area (TPSA) is 96.1 Å². The van der Waals surface area contributed by atoms with Gasteiger partial charge in [-0.25, -0.2) is 0 Å². The van der Waals surface area contributed by atoms with Gasteiger partial charge >= 0.3 is 0 Å². The van der Waals surface area contributed by atoms with Gasteiger partial charge in [-0.15, -0.1) is 0 Å². The molecule has 0 spiro atoms. The maximum absolute atomic E-state index is 12.3. The first-order valence-electron chi connectivity index (χ1n) is 8.14. The molecule has 0 unspecified atom stereocenters. The van der Waals surface area contributed by atoms with Gasteiger partial charge in [-0.05, 0) is 49.1 Å². The lowest BCUT2D eigenvalue weighted by Gasteiger charge is -2.10. The number of nitrogens with zero attached hydrogens (tertiary/aromatic N) is 1. The lowest BCUT2D eigenvalue weighted by molar-refractivity contribution is -0.119. The van der Waals surface area contributed by atoms with Gasteiger partial charge in [0.25, 0.3) is 5.91 Å². The van der Waals surface area contributed by atoms with Crippen LogP contribution in [0.4, 0.5) is 11.4 Å². The number of rotatable bonds is 7. The molecule has 7 heteroatoms. The van der Waals surface area contributed by atoms with Crippen LogP contribution in [0.2, 0.25) is 0 Å². The normalized spacial score (nSPS) is 10.8. The second-order valence-corrected chi connectivity index (χ2v) is 6.34. The number of ether oxygens (including phenoxy) is 1. The van der Waals surface area contributed by atoms with Crippen molar-refractivity contribution in [3.8, 4) is 0 Å². The molecule has 1 aromatic heterocycles. The average molecular weight is 344 g/mol. The predicted octanol–water partition coefficient (Wildman–Crippen LogP) is 2.75. The maximum Gasteiger partial charge on any atom is 0.276 e. The van der Waals surface area contributed by atoms with E-state index in [1.54, 1.807) is 24.3 Å². The molecule has 0 saturated heterocycles. The third-order valence-electron chi connectivity index (χ3n) is 3.53. The Morgan fingerprint density at radius 3 is 2.64 bits per heavy atom. The van der Waals surface area contributed by atoms with E-state index in [9.17, 15) is 9.59 Å². The van der Waals surface area contributed by atoms with Crippen LogP contribution in [0.5, 0.6) is 0 Å². The third kappa shape index (κ3) is 5.42. The van der Waals surface area contributed by atoms with Crippen molar-refractivity contribution in [3.05, 3.63) is 41.2 Å². The molecule has 2 aromatic rings. The summed E-state index contributed by atoms with van der Waals surface area (Å²) in [5, 5.41) is 12.5. The summed E-state index contributed by atoms with van der Waals surface area (Å²) in [5.41, 5.74) is 3.45. The first kappa shape index (κ1) is 18.7. The Bertz CT molecular complexity index is 753. The van der Waals surface area contributed by atoms with Gasteiger partial charge < -0.3 is 15.4 Å². The van der Waals surface area contributed by atoms with Crippen molar-refractivity contribution in [2.45, 2.75) is 27.2 Å². The highest BCUT2D eigenvalue weighted by molar-refractivity contribution is 6.03. The molecule has 0 aliphatic rings. The molecule has 0 aliphatic heterocycles. The summed E-state index contributed by atoms with van der Waals surface area (Å²) >= 11 is 0. The first-order chi connectivity index (χ1) is 11.9. The molecule has 0 fully saturated rings. The zero-order chi connectivity index (χ0) is 18.4. The number of aryl methyl sites for hydroxylation is 1. The van der Waals surface area contributed by atoms with Gasteiger partial charge in [-0.1, -0.05) is 13.8 Å². The van der Waals surface area contributed by atoms with E-state index in [4.69, 9.17) is 4.74 Å². The first-order valence-corrected chi connectivity index (χ1v) is 8.14. The lowest BCUT2D eigenvalue weighted by Crippen LogP contribution is -2.18. The molecule has 0 aliphatic carbocycles. The van der Waals surface area contributed by atoms with Crippen LogP contribution in [-0.2, 0) is 16.0 Å². The van der Waals surface area contributed by atoms with Gasteiger partial charge in [0.15, 0.2) is 5.69 Å². The van der Waals surface area contributed by atoms with Crippen molar-refractivity contribution in [1.29, 1.82) is 0 Å². The Kier molecular flexibility index (Phi) is 6.30. The van der Waals surface area contributed by atoms with Crippen molar-refractivity contribution < 1.29 is 14.3 Å². The van der Waals surface area contributed by atoms with Crippen molar-refractivity contribution >= 4 is 23.2 Å². The molecule has 7 nitrogen and oxygen atoms in total. The zero-order valence-electron chi connectivity index (χ0n) is 15.0. The van der Waals surface area contributed by atoms with Crippen LogP contribution >= 0.6 is 0 Å². The van der Waals surface area contributed by atoms with E-state index in [-0.39, 0.29) is 18.4 Å². The fourth-order valence-electron chi connectivity index (χ4n) is 2.42. The Hall–Kier alpha value is -2.67. The molecular weight excluding hydrogens is 320 g/mol. The van der Waals surface area contributed by atoms with Crippen molar-refractivity contribution in [2.75, 3.05) is 24.4 Å². The fourth-order valence-corrected chi connectivity index (χ4v) is 2.42. The Labute approximate surface area is 147 Å². The van der Waals surface area contributed by atoms with E-state index in [2.05, 4.69) is 34.7 Å². The van der Waals surface area contributed by atoms with Crippen molar-refractivity contribution in [2.24, 2.45) is 5.92 Å². The van der Waals surface area contributed by atoms with E-state index in [0.29, 0.717) is 23.0 Å². The van der Waals surface area contributed by atoms with Crippen molar-refractivity contribution in [1.82, 2.24) is 10.2 Å². The fraction of sp³-hybridized carbons (Fsp3) is 0.389. The summed E-state index contributed by atoms with van der Waals surface area (Å²) < 4.78 is 4.79. The van der Waals surface area contributed by atoms with Gasteiger partial charge in [0.2, 0.25) is 5.91 Å². The molecule has 0 bridgehead atoms. The Morgan fingerprint density at radius 2 is 2.00 bits per heavy atom. The smallest absolute Gasteiger partial charge is 0.276 e. The summed E-state index contributed by atoms with van der Waals surface area (Å²) in [6.07, 6.45) is 0.843. The number of amides is 2. The van der Waals surface area contributed by atoms with E-state index >= 15 is 0 Å². The van der Waals surface area contributed by atoms with Crippen LogP contribution in [0.1, 0.15) is 35.6 Å². The molecule has 0 atom stereocenters. The number of nitrogens with one attached hydrogen (secondary N) is 3. The van der Waals surface area contributed by atoms with Gasteiger partial charge in [0.1, 0.15) is 6.61 Å². The molecule has 2 rings (SSSR count). The number of carbonyl (C=O) groups is 2. The number of aromatic nitrogens is 2. The average Bonchev–Trinajstić information content (AvgIpc) is 2.98. The number of aromatic amines is 1. The Morgan fingerprint density at radius 1 is 1.24 bits per heavy atom. The summed E-state index contributed by atoms with van der Waals surface area (Å²) in [4.78, 5) is 23.9. The van der Waals surface area contributed by atoms with E-state index in [1.807, 2.05) is 6.92 Å². The molecule has 0 radical (unpaired) electrons. The highest BCUT2D eigenvalue weighted by Gasteiger charge is 2.12. The minimum absolute atomic E-state index is 0.00417. The highest BCUT2D eigenvalue weighted by Crippen LogP contribution is 2.20. The number of anilines is 2. The van der Waals surface area contributed by atoms with Crippen LogP contribution < -0.4 is 10.6 Å². The summed E-state index contributed by atoms with van der Waals surface area (Å²) in [5.74, 6) is -0.0155. The highest BCUT2D eigenvalue weighted by atomic mass is 16.5. The van der Waals surface area contributed by atoms with Crippen LogP contribution in [-0.4, -0.2) is 35.7 Å². The van der Waals surface area contributed by atoms with Crippen LogP contribution in [0.3, 0.4) is 0 Å². The Balaban J connectivity index is 2.02. The zero-order valence-corrected chi connectivity index (χ0v) is 15.0. The molecule has 0 saturated carbocycles. The molecule has 1 heterocycles. The van der Waals surface area contributed by atoms with Crippen molar-refractivity contribution in [3.63, 3.8) is 0 Å². The summed E-state index contributed by atoms with van der Waals surface area (Å²) in [6, 6.07) is 7.03. The number of hydrogen-bond acceptors (Lipinski definition) is 4. The van der Waals surface area contributed by atoms with E-state index in [1.165, 1.54) is 7.11 Å². The molecular formula is C18H24N4O3. The van der Waals surface area contributed by atoms with E-state index in [0.717, 1.165) is 17.7 Å². The van der Waals surface area contributed by atoms with Crippen LogP contribution in [0, 0.1) is 12.8 Å². The number of carbonyl (C=O) groups excluding carboxylic acids is 2.